The minimum atomic E-state index is -0.399. The molecule has 0 bridgehead atoms. The second-order valence-electron chi connectivity index (χ2n) is 8.13. The van der Waals surface area contributed by atoms with Crippen LogP contribution in [-0.4, -0.2) is 58.0 Å². The number of methoxy groups -OCH3 is 3. The predicted molar refractivity (Wildman–Crippen MR) is 126 cm³/mol. The van der Waals surface area contributed by atoms with Crippen molar-refractivity contribution in [2.45, 2.75) is 32.3 Å². The topological polar surface area (TPSA) is 83.5 Å². The van der Waals surface area contributed by atoms with Crippen molar-refractivity contribution in [3.8, 4) is 17.2 Å². The first-order chi connectivity index (χ1) is 16.5. The first kappa shape index (κ1) is 25.2. The number of nitrogens with zero attached hydrogens (tertiary/aromatic N) is 1. The Bertz CT molecular complexity index is 922. The fraction of sp³-hybridized carbons (Fsp3) is 0.462. The zero-order valence-corrected chi connectivity index (χ0v) is 20.1. The van der Waals surface area contributed by atoms with Gasteiger partial charge in [-0.2, -0.15) is 0 Å². The maximum absolute atomic E-state index is 12.6. The number of hydrogen-bond acceptors (Lipinski definition) is 7. The van der Waals surface area contributed by atoms with Crippen LogP contribution in [0.4, 0.5) is 4.79 Å². The standard InChI is InChI=1S/C26H33NO7/c1-30-22-15-20(16-23(31-2)24(22)32-3)11-8-14-33-25(28)21-12-7-13-27(17-21)26(29)34-18-19-9-5-4-6-10-19/h4-6,9-10,15-16,21H,7-8,11-14,17-18H2,1-3H3. The van der Waals surface area contributed by atoms with Crippen LogP contribution in [0.2, 0.25) is 0 Å². The van der Waals surface area contributed by atoms with E-state index < -0.39 is 6.09 Å². The quantitative estimate of drug-likeness (QED) is 0.379. The number of likely N-dealkylation sites (tertiary alicyclic amines) is 1. The number of piperidine rings is 1. The lowest BCUT2D eigenvalue weighted by Gasteiger charge is -2.30. The molecule has 1 aliphatic rings. The van der Waals surface area contributed by atoms with E-state index in [0.717, 1.165) is 17.5 Å². The normalized spacial score (nSPS) is 15.4. The number of ether oxygens (including phenoxy) is 5. The Morgan fingerprint density at radius 2 is 1.65 bits per heavy atom. The average molecular weight is 472 g/mol. The van der Waals surface area contributed by atoms with E-state index in [0.29, 0.717) is 56.2 Å². The van der Waals surface area contributed by atoms with Gasteiger partial charge in [-0.15, -0.1) is 0 Å². The van der Waals surface area contributed by atoms with Crippen LogP contribution in [0.15, 0.2) is 42.5 Å². The van der Waals surface area contributed by atoms with E-state index in [-0.39, 0.29) is 18.5 Å². The third-order valence-electron chi connectivity index (χ3n) is 5.80. The van der Waals surface area contributed by atoms with E-state index in [9.17, 15) is 9.59 Å². The number of carbonyl (C=O) groups is 2. The fourth-order valence-corrected chi connectivity index (χ4v) is 3.99. The van der Waals surface area contributed by atoms with Crippen molar-refractivity contribution in [2.24, 2.45) is 5.92 Å². The van der Waals surface area contributed by atoms with Gasteiger partial charge in [-0.05, 0) is 48.9 Å². The highest BCUT2D eigenvalue weighted by Gasteiger charge is 2.30. The molecule has 2 aromatic rings. The Morgan fingerprint density at radius 3 is 2.29 bits per heavy atom. The van der Waals surface area contributed by atoms with Gasteiger partial charge >= 0.3 is 12.1 Å². The molecule has 2 aromatic carbocycles. The Kier molecular flexibility index (Phi) is 9.43. The number of aryl methyl sites for hydroxylation is 1. The predicted octanol–water partition coefficient (Wildman–Crippen LogP) is 4.24. The smallest absolute Gasteiger partial charge is 0.410 e. The summed E-state index contributed by atoms with van der Waals surface area (Å²) in [5, 5.41) is 0. The molecule has 0 radical (unpaired) electrons. The Hall–Kier alpha value is -3.42. The van der Waals surface area contributed by atoms with Crippen LogP contribution >= 0.6 is 0 Å². The van der Waals surface area contributed by atoms with Gasteiger partial charge in [0.1, 0.15) is 6.61 Å². The molecular weight excluding hydrogens is 438 g/mol. The fourth-order valence-electron chi connectivity index (χ4n) is 3.99. The summed E-state index contributed by atoms with van der Waals surface area (Å²) in [5.74, 6) is 1.12. The molecule has 1 unspecified atom stereocenters. The molecule has 1 heterocycles. The molecule has 0 saturated carbocycles. The third-order valence-corrected chi connectivity index (χ3v) is 5.80. The Morgan fingerprint density at radius 1 is 0.941 bits per heavy atom. The molecule has 0 spiro atoms. The second kappa shape index (κ2) is 12.7. The number of benzene rings is 2. The lowest BCUT2D eigenvalue weighted by atomic mass is 9.98. The van der Waals surface area contributed by atoms with Gasteiger partial charge in [-0.1, -0.05) is 30.3 Å². The molecule has 1 fully saturated rings. The number of esters is 1. The lowest BCUT2D eigenvalue weighted by Crippen LogP contribution is -2.43. The third kappa shape index (κ3) is 6.79. The first-order valence-electron chi connectivity index (χ1n) is 11.5. The second-order valence-corrected chi connectivity index (χ2v) is 8.13. The summed E-state index contributed by atoms with van der Waals surface area (Å²) in [6.07, 6.45) is 2.38. The van der Waals surface area contributed by atoms with Crippen LogP contribution in [0.3, 0.4) is 0 Å². The monoisotopic (exact) mass is 471 g/mol. The van der Waals surface area contributed by atoms with Crippen LogP contribution in [0.25, 0.3) is 0 Å². The van der Waals surface area contributed by atoms with Crippen LogP contribution in [0, 0.1) is 5.92 Å². The summed E-state index contributed by atoms with van der Waals surface area (Å²) in [5.41, 5.74) is 1.92. The highest BCUT2D eigenvalue weighted by Crippen LogP contribution is 2.38. The van der Waals surface area contributed by atoms with Crippen molar-refractivity contribution in [2.75, 3.05) is 41.0 Å². The number of carbonyl (C=O) groups excluding carboxylic acids is 2. The van der Waals surface area contributed by atoms with E-state index >= 15 is 0 Å². The summed E-state index contributed by atoms with van der Waals surface area (Å²) in [6.45, 7) is 1.41. The number of hydrogen-bond donors (Lipinski definition) is 0. The van der Waals surface area contributed by atoms with Crippen LogP contribution in [-0.2, 0) is 27.3 Å². The van der Waals surface area contributed by atoms with Gasteiger partial charge in [-0.3, -0.25) is 4.79 Å². The van der Waals surface area contributed by atoms with Crippen LogP contribution in [0.5, 0.6) is 17.2 Å². The molecule has 1 amide bonds. The van der Waals surface area contributed by atoms with E-state index in [2.05, 4.69) is 0 Å². The Balaban J connectivity index is 1.43. The maximum Gasteiger partial charge on any atom is 0.410 e. The molecule has 0 aliphatic carbocycles. The van der Waals surface area contributed by atoms with Crippen LogP contribution < -0.4 is 14.2 Å². The minimum absolute atomic E-state index is 0.215. The molecule has 8 heteroatoms. The van der Waals surface area contributed by atoms with Crippen molar-refractivity contribution in [3.63, 3.8) is 0 Å². The van der Waals surface area contributed by atoms with Gasteiger partial charge in [0.25, 0.3) is 0 Å². The largest absolute Gasteiger partial charge is 0.493 e. The van der Waals surface area contributed by atoms with Gasteiger partial charge in [0.2, 0.25) is 5.75 Å². The molecule has 8 nitrogen and oxygen atoms in total. The van der Waals surface area contributed by atoms with Gasteiger partial charge in [0.15, 0.2) is 11.5 Å². The SMILES string of the molecule is COc1cc(CCCOC(=O)C2CCCN(C(=O)OCc3ccccc3)C2)cc(OC)c1OC. The highest BCUT2D eigenvalue weighted by molar-refractivity contribution is 5.74. The maximum atomic E-state index is 12.6. The molecule has 0 N–H and O–H groups in total. The zero-order valence-electron chi connectivity index (χ0n) is 20.1. The summed E-state index contributed by atoms with van der Waals surface area (Å²) in [6, 6.07) is 13.3. The average Bonchev–Trinajstić information content (AvgIpc) is 2.89. The molecule has 1 aliphatic heterocycles. The summed E-state index contributed by atoms with van der Waals surface area (Å²) < 4.78 is 27.0. The first-order valence-corrected chi connectivity index (χ1v) is 11.5. The molecule has 1 saturated heterocycles. The van der Waals surface area contributed by atoms with E-state index in [1.165, 1.54) is 0 Å². The van der Waals surface area contributed by atoms with E-state index in [4.69, 9.17) is 23.7 Å². The van der Waals surface area contributed by atoms with Crippen molar-refractivity contribution < 1.29 is 33.3 Å². The molecule has 34 heavy (non-hydrogen) atoms. The lowest BCUT2D eigenvalue weighted by molar-refractivity contribution is -0.150. The van der Waals surface area contributed by atoms with Crippen molar-refractivity contribution >= 4 is 12.1 Å². The summed E-state index contributed by atoms with van der Waals surface area (Å²) in [7, 11) is 4.72. The number of rotatable bonds is 10. The van der Waals surface area contributed by atoms with Crippen molar-refractivity contribution in [1.82, 2.24) is 4.90 Å². The molecule has 1 atom stereocenters. The summed E-state index contributed by atoms with van der Waals surface area (Å²) >= 11 is 0. The van der Waals surface area contributed by atoms with Gasteiger partial charge in [0.05, 0.1) is 33.9 Å². The van der Waals surface area contributed by atoms with E-state index in [1.54, 1.807) is 26.2 Å². The van der Waals surface area contributed by atoms with Crippen molar-refractivity contribution in [3.05, 3.63) is 53.6 Å². The van der Waals surface area contributed by atoms with Gasteiger partial charge in [0, 0.05) is 13.1 Å². The Labute approximate surface area is 200 Å². The molecule has 184 valence electrons. The minimum Gasteiger partial charge on any atom is -0.493 e. The molecule has 0 aromatic heterocycles. The van der Waals surface area contributed by atoms with Gasteiger partial charge in [-0.25, -0.2) is 4.79 Å². The van der Waals surface area contributed by atoms with Gasteiger partial charge < -0.3 is 28.6 Å². The summed E-state index contributed by atoms with van der Waals surface area (Å²) in [4.78, 5) is 26.6. The van der Waals surface area contributed by atoms with Crippen molar-refractivity contribution in [1.29, 1.82) is 0 Å². The number of amides is 1. The van der Waals surface area contributed by atoms with Crippen LogP contribution in [0.1, 0.15) is 30.4 Å². The molecular formula is C26H33NO7. The van der Waals surface area contributed by atoms with E-state index in [1.807, 2.05) is 42.5 Å². The zero-order chi connectivity index (χ0) is 24.3. The highest BCUT2D eigenvalue weighted by atomic mass is 16.6. The molecule has 3 rings (SSSR count).